The van der Waals surface area contributed by atoms with Crippen LogP contribution in [0.3, 0.4) is 0 Å². The number of hydrogen-bond donors (Lipinski definition) is 1. The molecule has 4 nitrogen and oxygen atoms in total. The van der Waals surface area contributed by atoms with Gasteiger partial charge in [-0.05, 0) is 37.1 Å². The lowest BCUT2D eigenvalue weighted by Crippen LogP contribution is -2.24. The van der Waals surface area contributed by atoms with Gasteiger partial charge in [0.2, 0.25) is 0 Å². The Balaban J connectivity index is 2.65. The van der Waals surface area contributed by atoms with Gasteiger partial charge in [-0.2, -0.15) is 0 Å². The Kier molecular flexibility index (Phi) is 6.81. The summed E-state index contributed by atoms with van der Waals surface area (Å²) in [4.78, 5) is 6.70. The first-order chi connectivity index (χ1) is 9.02. The van der Waals surface area contributed by atoms with Crippen LogP contribution in [0.2, 0.25) is 0 Å². The maximum atomic E-state index is 5.10. The lowest BCUT2D eigenvalue weighted by molar-refractivity contribution is 0.206. The van der Waals surface area contributed by atoms with Crippen LogP contribution in [0.5, 0.6) is 0 Å². The third-order valence-electron chi connectivity index (χ3n) is 2.90. The molecule has 0 saturated heterocycles. The average Bonchev–Trinajstić information content (AvgIpc) is 2.34. The molecule has 1 N–H and O–H groups in total. The largest absolute Gasteiger partial charge is 0.383 e. The van der Waals surface area contributed by atoms with Crippen LogP contribution in [0, 0.1) is 12.8 Å². The van der Waals surface area contributed by atoms with E-state index in [1.54, 1.807) is 7.11 Å². The summed E-state index contributed by atoms with van der Waals surface area (Å²) in [5.74, 6) is 1.69. The molecule has 0 spiro atoms. The molecule has 0 aliphatic heterocycles. The molecule has 1 aromatic heterocycles. The molecule has 1 rings (SSSR count). The molecule has 0 fully saturated rings. The summed E-state index contributed by atoms with van der Waals surface area (Å²) in [5.41, 5.74) is 2.34. The third-order valence-corrected chi connectivity index (χ3v) is 2.90. The lowest BCUT2D eigenvalue weighted by atomic mass is 10.2. The quantitative estimate of drug-likeness (QED) is 0.782. The van der Waals surface area contributed by atoms with E-state index in [2.05, 4.69) is 41.2 Å². The van der Waals surface area contributed by atoms with Gasteiger partial charge in [-0.3, -0.25) is 0 Å². The van der Waals surface area contributed by atoms with E-state index in [1.807, 2.05) is 14.0 Å². The van der Waals surface area contributed by atoms with Crippen LogP contribution < -0.4 is 10.2 Å². The summed E-state index contributed by atoms with van der Waals surface area (Å²) in [6, 6.07) is 4.29. The van der Waals surface area contributed by atoms with Crippen molar-refractivity contribution in [2.75, 3.05) is 38.8 Å². The highest BCUT2D eigenvalue weighted by atomic mass is 16.5. The van der Waals surface area contributed by atoms with Gasteiger partial charge in [-0.15, -0.1) is 0 Å². The van der Waals surface area contributed by atoms with Crippen molar-refractivity contribution >= 4 is 5.82 Å². The molecule has 0 aliphatic rings. The molecule has 0 unspecified atom stereocenters. The topological polar surface area (TPSA) is 37.4 Å². The van der Waals surface area contributed by atoms with E-state index < -0.39 is 0 Å². The first-order valence-electron chi connectivity index (χ1n) is 6.91. The normalized spacial score (nSPS) is 11.1. The Morgan fingerprint density at radius 3 is 2.74 bits per heavy atom. The standard InChI is InChI=1S/C15H27N3O/c1-12(2)10-16-11-14-8-13(3)17-15(9-14)18(4)6-7-19-5/h8-9,12,16H,6-7,10-11H2,1-5H3. The van der Waals surface area contributed by atoms with E-state index in [9.17, 15) is 0 Å². The van der Waals surface area contributed by atoms with E-state index in [0.29, 0.717) is 12.5 Å². The number of aromatic nitrogens is 1. The van der Waals surface area contributed by atoms with Gasteiger partial charge in [-0.1, -0.05) is 13.8 Å². The van der Waals surface area contributed by atoms with Crippen LogP contribution >= 0.6 is 0 Å². The average molecular weight is 265 g/mol. The number of likely N-dealkylation sites (N-methyl/N-ethyl adjacent to an activating group) is 1. The fourth-order valence-corrected chi connectivity index (χ4v) is 1.87. The molecule has 0 amide bonds. The molecule has 19 heavy (non-hydrogen) atoms. The van der Waals surface area contributed by atoms with Crippen molar-refractivity contribution in [1.82, 2.24) is 10.3 Å². The fourth-order valence-electron chi connectivity index (χ4n) is 1.87. The van der Waals surface area contributed by atoms with E-state index in [4.69, 9.17) is 4.74 Å². The molecule has 108 valence electrons. The summed E-state index contributed by atoms with van der Waals surface area (Å²) in [5, 5.41) is 3.47. The number of rotatable bonds is 8. The third kappa shape index (κ3) is 6.03. The SMILES string of the molecule is COCCN(C)c1cc(CNCC(C)C)cc(C)n1. The minimum atomic E-state index is 0.673. The van der Waals surface area contributed by atoms with E-state index in [0.717, 1.165) is 31.1 Å². The Labute approximate surface area is 117 Å². The molecule has 0 saturated carbocycles. The van der Waals surface area contributed by atoms with Gasteiger partial charge in [0, 0.05) is 32.9 Å². The van der Waals surface area contributed by atoms with Crippen molar-refractivity contribution in [3.8, 4) is 0 Å². The molecule has 0 aliphatic carbocycles. The summed E-state index contributed by atoms with van der Waals surface area (Å²) in [7, 11) is 3.77. The molecular formula is C15H27N3O. The van der Waals surface area contributed by atoms with Gasteiger partial charge >= 0.3 is 0 Å². The zero-order chi connectivity index (χ0) is 14.3. The number of pyridine rings is 1. The summed E-state index contributed by atoms with van der Waals surface area (Å²) in [6.45, 7) is 9.98. The van der Waals surface area contributed by atoms with Crippen LogP contribution in [0.25, 0.3) is 0 Å². The summed E-state index contributed by atoms with van der Waals surface area (Å²) in [6.07, 6.45) is 0. The zero-order valence-electron chi connectivity index (χ0n) is 12.9. The second-order valence-electron chi connectivity index (χ2n) is 5.41. The second kappa shape index (κ2) is 8.12. The highest BCUT2D eigenvalue weighted by molar-refractivity contribution is 5.41. The predicted octanol–water partition coefficient (Wildman–Crippen LogP) is 2.22. The lowest BCUT2D eigenvalue weighted by Gasteiger charge is -2.19. The van der Waals surface area contributed by atoms with E-state index in [1.165, 1.54) is 5.56 Å². The van der Waals surface area contributed by atoms with Gasteiger partial charge < -0.3 is 15.0 Å². The Hall–Kier alpha value is -1.13. The van der Waals surface area contributed by atoms with Crippen molar-refractivity contribution in [3.05, 3.63) is 23.4 Å². The zero-order valence-corrected chi connectivity index (χ0v) is 12.9. The predicted molar refractivity (Wildman–Crippen MR) is 80.7 cm³/mol. The minimum absolute atomic E-state index is 0.673. The molecule has 0 aromatic carbocycles. The van der Waals surface area contributed by atoms with Crippen molar-refractivity contribution < 1.29 is 4.74 Å². The molecule has 4 heteroatoms. The number of aryl methyl sites for hydroxylation is 1. The molecule has 0 bridgehead atoms. The number of nitrogens with zero attached hydrogens (tertiary/aromatic N) is 2. The number of anilines is 1. The van der Waals surface area contributed by atoms with Gasteiger partial charge in [0.25, 0.3) is 0 Å². The first-order valence-corrected chi connectivity index (χ1v) is 6.91. The number of methoxy groups -OCH3 is 1. The Morgan fingerprint density at radius 2 is 2.11 bits per heavy atom. The Bertz CT molecular complexity index is 380. The maximum absolute atomic E-state index is 5.10. The smallest absolute Gasteiger partial charge is 0.128 e. The number of hydrogen-bond acceptors (Lipinski definition) is 4. The van der Waals surface area contributed by atoms with E-state index in [-0.39, 0.29) is 0 Å². The molecule has 0 atom stereocenters. The minimum Gasteiger partial charge on any atom is -0.383 e. The van der Waals surface area contributed by atoms with Crippen molar-refractivity contribution in [3.63, 3.8) is 0 Å². The molecule has 1 aromatic rings. The molecule has 1 heterocycles. The second-order valence-corrected chi connectivity index (χ2v) is 5.41. The molecule has 0 radical (unpaired) electrons. The van der Waals surface area contributed by atoms with Gasteiger partial charge in [0.05, 0.1) is 6.61 Å². The van der Waals surface area contributed by atoms with Crippen LogP contribution in [-0.2, 0) is 11.3 Å². The number of nitrogens with one attached hydrogen (secondary N) is 1. The fraction of sp³-hybridized carbons (Fsp3) is 0.667. The first kappa shape index (κ1) is 15.9. The van der Waals surface area contributed by atoms with Gasteiger partial charge in [0.1, 0.15) is 5.82 Å². The maximum Gasteiger partial charge on any atom is 0.128 e. The van der Waals surface area contributed by atoms with Crippen molar-refractivity contribution in [2.24, 2.45) is 5.92 Å². The molecular weight excluding hydrogens is 238 g/mol. The summed E-state index contributed by atoms with van der Waals surface area (Å²) >= 11 is 0. The summed E-state index contributed by atoms with van der Waals surface area (Å²) < 4.78 is 5.10. The van der Waals surface area contributed by atoms with Crippen LogP contribution in [0.4, 0.5) is 5.82 Å². The van der Waals surface area contributed by atoms with Gasteiger partial charge in [0.15, 0.2) is 0 Å². The monoisotopic (exact) mass is 265 g/mol. The highest BCUT2D eigenvalue weighted by Crippen LogP contribution is 2.13. The van der Waals surface area contributed by atoms with Gasteiger partial charge in [-0.25, -0.2) is 4.98 Å². The number of ether oxygens (including phenoxy) is 1. The van der Waals surface area contributed by atoms with Crippen LogP contribution in [0.15, 0.2) is 12.1 Å². The van der Waals surface area contributed by atoms with E-state index >= 15 is 0 Å². The van der Waals surface area contributed by atoms with Crippen molar-refractivity contribution in [2.45, 2.75) is 27.3 Å². The highest BCUT2D eigenvalue weighted by Gasteiger charge is 2.05. The van der Waals surface area contributed by atoms with Crippen LogP contribution in [-0.4, -0.2) is 38.8 Å². The van der Waals surface area contributed by atoms with Crippen molar-refractivity contribution in [1.29, 1.82) is 0 Å². The van der Waals surface area contributed by atoms with Crippen LogP contribution in [0.1, 0.15) is 25.1 Å². The Morgan fingerprint density at radius 1 is 1.37 bits per heavy atom.